The molecule has 0 aliphatic heterocycles. The number of amides is 2. The van der Waals surface area contributed by atoms with Crippen LogP contribution >= 0.6 is 0 Å². The second-order valence-electron chi connectivity index (χ2n) is 10.0. The van der Waals surface area contributed by atoms with Crippen LogP contribution in [0.1, 0.15) is 65.7 Å². The van der Waals surface area contributed by atoms with Crippen LogP contribution in [0.4, 0.5) is 0 Å². The minimum absolute atomic E-state index is 0.0396. The van der Waals surface area contributed by atoms with Gasteiger partial charge >= 0.3 is 0 Å². The summed E-state index contributed by atoms with van der Waals surface area (Å²) in [6.07, 6.45) is 3.04. The predicted molar refractivity (Wildman–Crippen MR) is 124 cm³/mol. The lowest BCUT2D eigenvalue weighted by Gasteiger charge is -2.31. The van der Waals surface area contributed by atoms with E-state index in [0.29, 0.717) is 19.5 Å². The number of benzene rings is 1. The van der Waals surface area contributed by atoms with Crippen LogP contribution in [-0.4, -0.2) is 34.2 Å². The molecule has 2 aromatic rings. The lowest BCUT2D eigenvalue weighted by atomic mass is 9.84. The molecular weight excluding hydrogens is 388 g/mol. The van der Waals surface area contributed by atoms with E-state index in [1.807, 2.05) is 56.3 Å². The maximum atomic E-state index is 13.3. The van der Waals surface area contributed by atoms with Crippen LogP contribution in [0.3, 0.4) is 0 Å². The van der Waals surface area contributed by atoms with Gasteiger partial charge in [0.2, 0.25) is 11.8 Å². The second-order valence-corrected chi connectivity index (χ2v) is 10.0. The minimum Gasteiger partial charge on any atom is -0.467 e. The van der Waals surface area contributed by atoms with E-state index >= 15 is 0 Å². The molecule has 0 N–H and O–H groups in total. The minimum atomic E-state index is -0.0780. The average molecular weight is 427 g/mol. The Morgan fingerprint density at radius 3 is 2.16 bits per heavy atom. The fraction of sp³-hybridized carbons (Fsp3) is 0.538. The number of carbonyl (C=O) groups excluding carboxylic acids is 2. The molecule has 0 aliphatic carbocycles. The molecule has 0 fully saturated rings. The van der Waals surface area contributed by atoms with Gasteiger partial charge in [-0.25, -0.2) is 0 Å². The van der Waals surface area contributed by atoms with Crippen LogP contribution < -0.4 is 0 Å². The summed E-state index contributed by atoms with van der Waals surface area (Å²) in [5.74, 6) is 0.960. The van der Waals surface area contributed by atoms with E-state index in [0.717, 1.165) is 17.7 Å². The van der Waals surface area contributed by atoms with E-state index in [1.54, 1.807) is 16.1 Å². The summed E-state index contributed by atoms with van der Waals surface area (Å²) < 4.78 is 5.48. The molecular formula is C26H38N2O3. The summed E-state index contributed by atoms with van der Waals surface area (Å²) in [5.41, 5.74) is 1.22. The van der Waals surface area contributed by atoms with E-state index in [4.69, 9.17) is 4.42 Å². The summed E-state index contributed by atoms with van der Waals surface area (Å²) in [6.45, 7) is 13.5. The standard InChI is InChI=1S/C26H38N2O3/c1-20(2)28(24(29)15-21(3)16-26(4,5)6)19-25(30)27(18-23-13-10-14-31-23)17-22-11-8-7-9-12-22/h7-14,20-21H,15-19H2,1-6H3/t21-/m1/s1. The molecule has 0 bridgehead atoms. The first kappa shape index (κ1) is 24.7. The zero-order valence-corrected chi connectivity index (χ0v) is 19.9. The van der Waals surface area contributed by atoms with Crippen LogP contribution in [0, 0.1) is 11.3 Å². The molecule has 2 rings (SSSR count). The van der Waals surface area contributed by atoms with Gasteiger partial charge < -0.3 is 14.2 Å². The predicted octanol–water partition coefficient (Wildman–Crippen LogP) is 5.51. The topological polar surface area (TPSA) is 53.8 Å². The lowest BCUT2D eigenvalue weighted by Crippen LogP contribution is -2.46. The quantitative estimate of drug-likeness (QED) is 0.503. The molecule has 5 nitrogen and oxygen atoms in total. The molecule has 0 unspecified atom stereocenters. The smallest absolute Gasteiger partial charge is 0.242 e. The van der Waals surface area contributed by atoms with Gasteiger partial charge in [0.25, 0.3) is 0 Å². The Bertz CT molecular complexity index is 807. The summed E-state index contributed by atoms with van der Waals surface area (Å²) >= 11 is 0. The molecule has 170 valence electrons. The Morgan fingerprint density at radius 2 is 1.61 bits per heavy atom. The maximum absolute atomic E-state index is 13.3. The molecule has 0 saturated heterocycles. The van der Waals surface area contributed by atoms with Crippen molar-refractivity contribution in [3.8, 4) is 0 Å². The van der Waals surface area contributed by atoms with Gasteiger partial charge in [0, 0.05) is 19.0 Å². The van der Waals surface area contributed by atoms with E-state index < -0.39 is 0 Å². The number of nitrogens with zero attached hydrogens (tertiary/aromatic N) is 2. The molecule has 0 radical (unpaired) electrons. The summed E-state index contributed by atoms with van der Waals surface area (Å²) in [7, 11) is 0. The Hall–Kier alpha value is -2.56. The third kappa shape index (κ3) is 8.60. The van der Waals surface area contributed by atoms with Crippen molar-refractivity contribution in [3.05, 3.63) is 60.1 Å². The molecule has 1 aromatic heterocycles. The Labute approximate surface area is 187 Å². The van der Waals surface area contributed by atoms with E-state index in [1.165, 1.54) is 0 Å². The van der Waals surface area contributed by atoms with Crippen LogP contribution in [0.2, 0.25) is 0 Å². The van der Waals surface area contributed by atoms with Gasteiger partial charge in [-0.1, -0.05) is 58.0 Å². The van der Waals surface area contributed by atoms with Crippen LogP contribution in [0.5, 0.6) is 0 Å². The summed E-state index contributed by atoms with van der Waals surface area (Å²) in [5, 5.41) is 0. The van der Waals surface area contributed by atoms with E-state index in [2.05, 4.69) is 27.7 Å². The first-order chi connectivity index (χ1) is 14.5. The maximum Gasteiger partial charge on any atom is 0.242 e. The number of furan rings is 1. The van der Waals surface area contributed by atoms with Gasteiger partial charge in [0.05, 0.1) is 19.4 Å². The lowest BCUT2D eigenvalue weighted by molar-refractivity contribution is -0.143. The number of hydrogen-bond acceptors (Lipinski definition) is 3. The highest BCUT2D eigenvalue weighted by Gasteiger charge is 2.26. The number of hydrogen-bond donors (Lipinski definition) is 0. The molecule has 0 aliphatic rings. The highest BCUT2D eigenvalue weighted by molar-refractivity contribution is 5.85. The van der Waals surface area contributed by atoms with E-state index in [-0.39, 0.29) is 35.7 Å². The fourth-order valence-corrected chi connectivity index (χ4v) is 3.96. The Morgan fingerprint density at radius 1 is 0.935 bits per heavy atom. The van der Waals surface area contributed by atoms with Crippen molar-refractivity contribution < 1.29 is 14.0 Å². The normalized spacial score (nSPS) is 12.6. The molecule has 1 aromatic carbocycles. The van der Waals surface area contributed by atoms with E-state index in [9.17, 15) is 9.59 Å². The summed E-state index contributed by atoms with van der Waals surface area (Å²) in [4.78, 5) is 29.8. The first-order valence-electron chi connectivity index (χ1n) is 11.2. The molecule has 0 spiro atoms. The van der Waals surface area contributed by atoms with Crippen molar-refractivity contribution >= 4 is 11.8 Å². The highest BCUT2D eigenvalue weighted by atomic mass is 16.3. The Kier molecular flexibility index (Phi) is 8.90. The fourth-order valence-electron chi connectivity index (χ4n) is 3.96. The van der Waals surface area contributed by atoms with Crippen molar-refractivity contribution in [2.75, 3.05) is 6.54 Å². The SMILES string of the molecule is CC(C)N(CC(=O)N(Cc1ccccc1)Cc1ccco1)C(=O)C[C@@H](C)CC(C)(C)C. The van der Waals surface area contributed by atoms with Crippen molar-refractivity contribution in [1.82, 2.24) is 9.80 Å². The Balaban J connectivity index is 2.10. The summed E-state index contributed by atoms with van der Waals surface area (Å²) in [6, 6.07) is 13.5. The monoisotopic (exact) mass is 426 g/mol. The largest absolute Gasteiger partial charge is 0.467 e. The van der Waals surface area contributed by atoms with Crippen LogP contribution in [0.25, 0.3) is 0 Å². The molecule has 5 heteroatoms. The molecule has 1 atom stereocenters. The number of carbonyl (C=O) groups is 2. The molecule has 2 amide bonds. The van der Waals surface area contributed by atoms with Gasteiger partial charge in [-0.15, -0.1) is 0 Å². The van der Waals surface area contributed by atoms with Gasteiger partial charge in [-0.3, -0.25) is 9.59 Å². The zero-order valence-electron chi connectivity index (χ0n) is 19.9. The van der Waals surface area contributed by atoms with Crippen molar-refractivity contribution in [1.29, 1.82) is 0 Å². The first-order valence-corrected chi connectivity index (χ1v) is 11.2. The highest BCUT2D eigenvalue weighted by Crippen LogP contribution is 2.26. The van der Waals surface area contributed by atoms with Gasteiger partial charge in [0.15, 0.2) is 0 Å². The second kappa shape index (κ2) is 11.2. The molecule has 1 heterocycles. The van der Waals surface area contributed by atoms with Gasteiger partial charge in [0.1, 0.15) is 5.76 Å². The third-order valence-corrected chi connectivity index (χ3v) is 5.23. The number of rotatable bonds is 10. The van der Waals surface area contributed by atoms with Crippen molar-refractivity contribution in [2.24, 2.45) is 11.3 Å². The molecule has 31 heavy (non-hydrogen) atoms. The van der Waals surface area contributed by atoms with Gasteiger partial charge in [-0.05, 0) is 49.3 Å². The third-order valence-electron chi connectivity index (χ3n) is 5.23. The average Bonchev–Trinajstić information content (AvgIpc) is 3.17. The van der Waals surface area contributed by atoms with Crippen molar-refractivity contribution in [3.63, 3.8) is 0 Å². The van der Waals surface area contributed by atoms with Crippen LogP contribution in [0.15, 0.2) is 53.1 Å². The molecule has 0 saturated carbocycles. The van der Waals surface area contributed by atoms with Gasteiger partial charge in [-0.2, -0.15) is 0 Å². The van der Waals surface area contributed by atoms with Crippen LogP contribution in [-0.2, 0) is 22.7 Å². The van der Waals surface area contributed by atoms with Crippen molar-refractivity contribution in [2.45, 2.75) is 73.5 Å². The zero-order chi connectivity index (χ0) is 23.0.